The molecule has 2 atom stereocenters. The van der Waals surface area contributed by atoms with Crippen LogP contribution >= 0.6 is 11.8 Å². The van der Waals surface area contributed by atoms with E-state index in [0.29, 0.717) is 11.9 Å². The molecule has 2 fully saturated rings. The van der Waals surface area contributed by atoms with Gasteiger partial charge in [0.25, 0.3) is 0 Å². The summed E-state index contributed by atoms with van der Waals surface area (Å²) in [5, 5.41) is 3.76. The average molecular weight is 284 g/mol. The molecule has 1 amide bonds. The summed E-state index contributed by atoms with van der Waals surface area (Å²) in [6.45, 7) is 5.20. The van der Waals surface area contributed by atoms with Crippen molar-refractivity contribution < 1.29 is 4.79 Å². The van der Waals surface area contributed by atoms with Crippen LogP contribution in [0.15, 0.2) is 0 Å². The molecule has 2 heterocycles. The van der Waals surface area contributed by atoms with Gasteiger partial charge in [-0.2, -0.15) is 0 Å². The Bertz CT molecular complexity index is 273. The molecule has 0 aromatic carbocycles. The normalized spacial score (nSPS) is 27.4. The molecule has 0 aromatic heterocycles. The quantitative estimate of drug-likeness (QED) is 0.814. The molecular formula is C15H28N2OS. The van der Waals surface area contributed by atoms with Crippen molar-refractivity contribution in [2.75, 3.05) is 25.4 Å². The second-order valence-corrected chi connectivity index (χ2v) is 7.10. The summed E-state index contributed by atoms with van der Waals surface area (Å²) in [6, 6.07) is 0.536. The third-order valence-electron chi connectivity index (χ3n) is 4.15. The molecule has 0 spiro atoms. The molecule has 0 bridgehead atoms. The number of hydrogen-bond donors (Lipinski definition) is 1. The number of carbonyl (C=O) groups is 1. The maximum Gasteiger partial charge on any atom is 0.235 e. The van der Waals surface area contributed by atoms with Gasteiger partial charge in [0.15, 0.2) is 0 Å². The Morgan fingerprint density at radius 3 is 2.84 bits per heavy atom. The first kappa shape index (κ1) is 15.2. The number of nitrogens with one attached hydrogen (secondary N) is 1. The van der Waals surface area contributed by atoms with Crippen LogP contribution in [-0.4, -0.2) is 47.5 Å². The maximum absolute atomic E-state index is 12.7. The lowest BCUT2D eigenvalue weighted by atomic mass is 10.1. The highest BCUT2D eigenvalue weighted by atomic mass is 32.2. The standard InChI is InChI=1S/C15H28N2OS/c1-2-3-10-17(12-13-7-6-9-16-13)15(18)14-8-4-5-11-19-14/h13-14,16H,2-12H2,1H3. The van der Waals surface area contributed by atoms with Crippen molar-refractivity contribution in [2.24, 2.45) is 0 Å². The highest BCUT2D eigenvalue weighted by molar-refractivity contribution is 8.00. The first-order valence-electron chi connectivity index (χ1n) is 7.95. The summed E-state index contributed by atoms with van der Waals surface area (Å²) in [4.78, 5) is 14.8. The van der Waals surface area contributed by atoms with Crippen molar-refractivity contribution in [3.8, 4) is 0 Å². The minimum absolute atomic E-state index is 0.243. The van der Waals surface area contributed by atoms with Gasteiger partial charge < -0.3 is 10.2 Å². The van der Waals surface area contributed by atoms with Crippen LogP contribution in [0.1, 0.15) is 51.9 Å². The van der Waals surface area contributed by atoms with Crippen LogP contribution in [0.3, 0.4) is 0 Å². The Morgan fingerprint density at radius 2 is 2.21 bits per heavy atom. The monoisotopic (exact) mass is 284 g/mol. The van der Waals surface area contributed by atoms with E-state index in [2.05, 4.69) is 17.1 Å². The van der Waals surface area contributed by atoms with Crippen molar-refractivity contribution in [2.45, 2.75) is 63.2 Å². The molecule has 0 radical (unpaired) electrons. The maximum atomic E-state index is 12.7. The average Bonchev–Trinajstić information content (AvgIpc) is 2.96. The topological polar surface area (TPSA) is 32.3 Å². The minimum atomic E-state index is 0.243. The van der Waals surface area contributed by atoms with E-state index in [4.69, 9.17) is 0 Å². The predicted octanol–water partition coefficient (Wildman–Crippen LogP) is 2.65. The van der Waals surface area contributed by atoms with E-state index in [1.807, 2.05) is 11.8 Å². The number of nitrogens with zero attached hydrogens (tertiary/aromatic N) is 1. The van der Waals surface area contributed by atoms with Crippen molar-refractivity contribution in [1.29, 1.82) is 0 Å². The number of unbranched alkanes of at least 4 members (excludes halogenated alkanes) is 1. The van der Waals surface area contributed by atoms with Gasteiger partial charge in [-0.15, -0.1) is 11.8 Å². The smallest absolute Gasteiger partial charge is 0.235 e. The third kappa shape index (κ3) is 4.67. The van der Waals surface area contributed by atoms with Crippen LogP contribution in [0, 0.1) is 0 Å². The first-order chi connectivity index (χ1) is 9.31. The Kier molecular flexibility index (Phi) is 6.51. The van der Waals surface area contributed by atoms with E-state index in [1.165, 1.54) is 37.9 Å². The van der Waals surface area contributed by atoms with E-state index >= 15 is 0 Å². The lowest BCUT2D eigenvalue weighted by Crippen LogP contribution is -2.45. The molecule has 0 saturated carbocycles. The van der Waals surface area contributed by atoms with Crippen LogP contribution in [0.25, 0.3) is 0 Å². The molecular weight excluding hydrogens is 256 g/mol. The largest absolute Gasteiger partial charge is 0.340 e. The van der Waals surface area contributed by atoms with E-state index in [-0.39, 0.29) is 5.25 Å². The summed E-state index contributed by atoms with van der Waals surface area (Å²) in [5.74, 6) is 1.58. The van der Waals surface area contributed by atoms with Gasteiger partial charge in [-0.25, -0.2) is 0 Å². The number of amides is 1. The van der Waals surface area contributed by atoms with Gasteiger partial charge in [0.2, 0.25) is 5.91 Å². The second kappa shape index (κ2) is 8.15. The summed E-state index contributed by atoms with van der Waals surface area (Å²) in [5.41, 5.74) is 0. The van der Waals surface area contributed by atoms with Gasteiger partial charge in [-0.3, -0.25) is 4.79 Å². The number of carbonyl (C=O) groups excluding carboxylic acids is 1. The summed E-state index contributed by atoms with van der Waals surface area (Å²) in [7, 11) is 0. The van der Waals surface area contributed by atoms with Gasteiger partial charge in [-0.1, -0.05) is 19.8 Å². The number of rotatable bonds is 6. The fraction of sp³-hybridized carbons (Fsp3) is 0.933. The fourth-order valence-electron chi connectivity index (χ4n) is 2.96. The molecule has 2 aliphatic rings. The van der Waals surface area contributed by atoms with Crippen LogP contribution in [0.5, 0.6) is 0 Å². The van der Waals surface area contributed by atoms with Crippen molar-refractivity contribution in [3.63, 3.8) is 0 Å². The van der Waals surface area contributed by atoms with Crippen LogP contribution in [-0.2, 0) is 4.79 Å². The molecule has 2 rings (SSSR count). The second-order valence-electron chi connectivity index (χ2n) is 5.79. The predicted molar refractivity (Wildman–Crippen MR) is 82.6 cm³/mol. The molecule has 1 N–H and O–H groups in total. The summed E-state index contributed by atoms with van der Waals surface area (Å²) in [6.07, 6.45) is 8.40. The van der Waals surface area contributed by atoms with Crippen molar-refractivity contribution in [1.82, 2.24) is 10.2 Å². The first-order valence-corrected chi connectivity index (χ1v) is 9.00. The Hall–Kier alpha value is -0.220. The van der Waals surface area contributed by atoms with Gasteiger partial charge in [0, 0.05) is 19.1 Å². The molecule has 110 valence electrons. The number of hydrogen-bond acceptors (Lipinski definition) is 3. The van der Waals surface area contributed by atoms with Crippen molar-refractivity contribution >= 4 is 17.7 Å². The zero-order chi connectivity index (χ0) is 13.5. The Labute approximate surface area is 121 Å². The van der Waals surface area contributed by atoms with Crippen LogP contribution in [0.2, 0.25) is 0 Å². The molecule has 4 heteroatoms. The van der Waals surface area contributed by atoms with Crippen LogP contribution < -0.4 is 5.32 Å². The van der Waals surface area contributed by atoms with E-state index in [1.54, 1.807) is 0 Å². The summed E-state index contributed by atoms with van der Waals surface area (Å²) >= 11 is 1.88. The molecule has 2 unspecified atom stereocenters. The van der Waals surface area contributed by atoms with Gasteiger partial charge in [0.05, 0.1) is 5.25 Å². The molecule has 3 nitrogen and oxygen atoms in total. The number of thioether (sulfide) groups is 1. The van der Waals surface area contributed by atoms with Gasteiger partial charge in [-0.05, 0) is 44.4 Å². The minimum Gasteiger partial charge on any atom is -0.340 e. The molecule has 0 aliphatic carbocycles. The van der Waals surface area contributed by atoms with E-state index < -0.39 is 0 Å². The zero-order valence-corrected chi connectivity index (χ0v) is 13.0. The Balaban J connectivity index is 1.88. The third-order valence-corrected chi connectivity index (χ3v) is 5.52. The SMILES string of the molecule is CCCCN(CC1CCCN1)C(=O)C1CCCCS1. The molecule has 2 saturated heterocycles. The van der Waals surface area contributed by atoms with Crippen molar-refractivity contribution in [3.05, 3.63) is 0 Å². The molecule has 2 aliphatic heterocycles. The highest BCUT2D eigenvalue weighted by Gasteiger charge is 2.28. The summed E-state index contributed by atoms with van der Waals surface area (Å²) < 4.78 is 0. The van der Waals surface area contributed by atoms with E-state index in [9.17, 15) is 4.79 Å². The highest BCUT2D eigenvalue weighted by Crippen LogP contribution is 2.27. The lowest BCUT2D eigenvalue weighted by molar-refractivity contribution is -0.131. The zero-order valence-electron chi connectivity index (χ0n) is 12.2. The van der Waals surface area contributed by atoms with E-state index in [0.717, 1.165) is 32.5 Å². The van der Waals surface area contributed by atoms with Gasteiger partial charge in [0.1, 0.15) is 0 Å². The van der Waals surface area contributed by atoms with Gasteiger partial charge >= 0.3 is 0 Å². The fourth-order valence-corrected chi connectivity index (χ4v) is 4.24. The van der Waals surface area contributed by atoms with Crippen LogP contribution in [0.4, 0.5) is 0 Å². The molecule has 19 heavy (non-hydrogen) atoms. The lowest BCUT2D eigenvalue weighted by Gasteiger charge is -2.31. The molecule has 0 aromatic rings. The Morgan fingerprint density at radius 1 is 1.32 bits per heavy atom.